The summed E-state index contributed by atoms with van der Waals surface area (Å²) in [5, 5.41) is 11.2. The number of thiophene rings is 1. The van der Waals surface area contributed by atoms with Gasteiger partial charge in [-0.3, -0.25) is 0 Å². The Hall–Kier alpha value is -6.14. The number of aromatic nitrogens is 1. The molecule has 0 atom stereocenters. The lowest BCUT2D eigenvalue weighted by molar-refractivity contribution is 0.590. The first-order valence-corrected chi connectivity index (χ1v) is 24.6. The summed E-state index contributed by atoms with van der Waals surface area (Å²) < 4.78 is 5.45. The van der Waals surface area contributed by atoms with E-state index < -0.39 is 8.07 Å². The van der Waals surface area contributed by atoms with Gasteiger partial charge in [0.1, 0.15) is 0 Å². The van der Waals surface area contributed by atoms with Crippen molar-refractivity contribution in [3.05, 3.63) is 175 Å². The molecule has 3 aliphatic heterocycles. The summed E-state index contributed by atoms with van der Waals surface area (Å²) in [6, 6.07) is 63.9. The van der Waals surface area contributed by atoms with E-state index in [0.717, 1.165) is 0 Å². The Bertz CT molecular complexity index is 3470. The van der Waals surface area contributed by atoms with Crippen LogP contribution < -0.4 is 36.6 Å². The average Bonchev–Trinajstić information content (AvgIpc) is 3.81. The molecule has 0 saturated carbocycles. The number of anilines is 3. The molecule has 0 bridgehead atoms. The van der Waals surface area contributed by atoms with Crippen molar-refractivity contribution < 1.29 is 0 Å². The van der Waals surface area contributed by atoms with Crippen molar-refractivity contribution in [2.24, 2.45) is 0 Å². The lowest BCUT2D eigenvalue weighted by Gasteiger charge is -2.50. The molecule has 2 nitrogen and oxygen atoms in total. The van der Waals surface area contributed by atoms with E-state index in [2.05, 4.69) is 215 Å². The molecular weight excluding hydrogens is 772 g/mol. The number of nitrogens with zero attached hydrogens (tertiary/aromatic N) is 2. The molecule has 0 spiro atoms. The van der Waals surface area contributed by atoms with Crippen LogP contribution >= 0.6 is 11.3 Å². The topological polar surface area (TPSA) is 8.17 Å². The van der Waals surface area contributed by atoms with Gasteiger partial charge in [-0.15, -0.1) is 11.3 Å². The summed E-state index contributed by atoms with van der Waals surface area (Å²) in [7, 11) is -2.87. The van der Waals surface area contributed by atoms with Crippen LogP contribution in [0.4, 0.5) is 17.1 Å². The zero-order chi connectivity index (χ0) is 41.2. The van der Waals surface area contributed by atoms with Crippen molar-refractivity contribution in [3.63, 3.8) is 0 Å². The molecule has 61 heavy (non-hydrogen) atoms. The Morgan fingerprint density at radius 1 is 0.508 bits per heavy atom. The van der Waals surface area contributed by atoms with Crippen molar-refractivity contribution in [1.82, 2.24) is 4.48 Å². The van der Waals surface area contributed by atoms with Gasteiger partial charge in [-0.2, -0.15) is 0 Å². The smallest absolute Gasteiger partial charge is 0.333 e. The van der Waals surface area contributed by atoms with Gasteiger partial charge in [-0.05, 0) is 102 Å². The molecule has 2 aromatic heterocycles. The Kier molecular flexibility index (Phi) is 7.02. The third kappa shape index (κ3) is 4.53. The highest BCUT2D eigenvalue weighted by atomic mass is 32.1. The summed E-state index contributed by atoms with van der Waals surface area (Å²) >= 11 is 1.95. The first kappa shape index (κ1) is 35.6. The molecular formula is C56H45BN2SSi. The molecule has 0 saturated heterocycles. The Balaban J connectivity index is 1.27. The molecule has 5 heterocycles. The molecule has 5 heteroatoms. The molecule has 13 rings (SSSR count). The van der Waals surface area contributed by atoms with E-state index >= 15 is 0 Å². The van der Waals surface area contributed by atoms with Crippen LogP contribution in [-0.4, -0.2) is 19.4 Å². The van der Waals surface area contributed by atoms with Crippen molar-refractivity contribution in [2.75, 3.05) is 4.90 Å². The molecule has 0 N–H and O–H groups in total. The fraction of sp³-hybridized carbons (Fsp3) is 0.143. The SMILES string of the molecule is CC(C)(C)c1ccc2c(c1)c1cc(C(C)(C)C)cc3c1n2B1c2cccc4c2N(c2ccccc2[Si]4(c2ccccc2)c2ccccc2)c2c1c-3cc1sc3ccccc3c21. The van der Waals surface area contributed by atoms with Crippen molar-refractivity contribution >= 4 is 117 Å². The summed E-state index contributed by atoms with van der Waals surface area (Å²) in [6.45, 7) is 14.1. The summed E-state index contributed by atoms with van der Waals surface area (Å²) in [5.41, 5.74) is 14.9. The zero-order valence-corrected chi connectivity index (χ0v) is 37.3. The number of rotatable bonds is 2. The van der Waals surface area contributed by atoms with Crippen LogP contribution in [0.3, 0.4) is 0 Å². The molecule has 0 radical (unpaired) electrons. The maximum atomic E-state index is 2.77. The van der Waals surface area contributed by atoms with E-state index in [1.54, 1.807) is 0 Å². The largest absolute Gasteiger partial charge is 0.375 e. The minimum atomic E-state index is -2.87. The van der Waals surface area contributed by atoms with E-state index in [1.165, 1.54) is 113 Å². The van der Waals surface area contributed by atoms with Gasteiger partial charge in [0.15, 0.2) is 8.07 Å². The number of hydrogen-bond acceptors (Lipinski definition) is 2. The van der Waals surface area contributed by atoms with E-state index in [-0.39, 0.29) is 17.7 Å². The molecule has 0 unspecified atom stereocenters. The lowest BCUT2D eigenvalue weighted by atomic mass is 9.45. The van der Waals surface area contributed by atoms with Crippen molar-refractivity contribution in [3.8, 4) is 11.1 Å². The van der Waals surface area contributed by atoms with Gasteiger partial charge in [-0.1, -0.05) is 163 Å². The molecule has 3 aliphatic rings. The second kappa shape index (κ2) is 12.0. The van der Waals surface area contributed by atoms with Crippen molar-refractivity contribution in [1.29, 1.82) is 0 Å². The van der Waals surface area contributed by atoms with Gasteiger partial charge in [-0.25, -0.2) is 0 Å². The Morgan fingerprint density at radius 3 is 1.90 bits per heavy atom. The van der Waals surface area contributed by atoms with Gasteiger partial charge in [0, 0.05) is 58.9 Å². The molecule has 0 amide bonds. The first-order chi connectivity index (χ1) is 29.5. The molecule has 0 aliphatic carbocycles. The Labute approximate surface area is 362 Å². The lowest BCUT2D eigenvalue weighted by Crippen LogP contribution is -2.78. The van der Waals surface area contributed by atoms with E-state index in [0.29, 0.717) is 0 Å². The normalized spacial score (nSPS) is 14.8. The third-order valence-electron chi connectivity index (χ3n) is 14.3. The number of para-hydroxylation sites is 2. The maximum absolute atomic E-state index is 2.87. The monoisotopic (exact) mass is 816 g/mol. The van der Waals surface area contributed by atoms with Crippen LogP contribution in [0.5, 0.6) is 0 Å². The number of fused-ring (bicyclic) bond motifs is 13. The Morgan fingerprint density at radius 2 is 1.16 bits per heavy atom. The van der Waals surface area contributed by atoms with Crippen molar-refractivity contribution in [2.45, 2.75) is 52.4 Å². The van der Waals surface area contributed by atoms with Crippen LogP contribution in [0.2, 0.25) is 0 Å². The highest BCUT2D eigenvalue weighted by Gasteiger charge is 2.54. The predicted octanol–water partition coefficient (Wildman–Crippen LogP) is 10.9. The quantitative estimate of drug-likeness (QED) is 0.158. The fourth-order valence-electron chi connectivity index (χ4n) is 11.6. The van der Waals surface area contributed by atoms with Crippen LogP contribution in [0.25, 0.3) is 53.1 Å². The minimum absolute atomic E-state index is 0.0227. The van der Waals surface area contributed by atoms with E-state index in [1.807, 2.05) is 11.3 Å². The van der Waals surface area contributed by atoms with Gasteiger partial charge >= 0.3 is 6.85 Å². The molecule has 0 fully saturated rings. The number of hydrogen-bond donors (Lipinski definition) is 0. The van der Waals surface area contributed by atoms with Crippen LogP contribution in [0.15, 0.2) is 164 Å². The van der Waals surface area contributed by atoms with Crippen LogP contribution in [0, 0.1) is 0 Å². The van der Waals surface area contributed by atoms with E-state index in [4.69, 9.17) is 0 Å². The predicted molar refractivity (Wildman–Crippen MR) is 267 cm³/mol. The minimum Gasteiger partial charge on any atom is -0.375 e. The second-order valence-corrected chi connectivity index (χ2v) is 24.5. The molecule has 8 aromatic carbocycles. The van der Waals surface area contributed by atoms with Gasteiger partial charge in [0.2, 0.25) is 0 Å². The van der Waals surface area contributed by atoms with Gasteiger partial charge in [0.25, 0.3) is 0 Å². The second-order valence-electron chi connectivity index (χ2n) is 19.7. The summed E-state index contributed by atoms with van der Waals surface area (Å²) in [5.74, 6) is 0. The number of benzene rings is 8. The maximum Gasteiger partial charge on any atom is 0.333 e. The van der Waals surface area contributed by atoms with Gasteiger partial charge < -0.3 is 9.38 Å². The first-order valence-electron chi connectivity index (χ1n) is 21.8. The summed E-state index contributed by atoms with van der Waals surface area (Å²) in [6.07, 6.45) is 0. The highest BCUT2D eigenvalue weighted by molar-refractivity contribution is 7.26. The highest BCUT2D eigenvalue weighted by Crippen LogP contribution is 2.52. The third-order valence-corrected chi connectivity index (χ3v) is 20.3. The molecule has 292 valence electrons. The fourth-order valence-corrected chi connectivity index (χ4v) is 17.9. The summed E-state index contributed by atoms with van der Waals surface area (Å²) in [4.78, 5) is 2.74. The van der Waals surface area contributed by atoms with E-state index in [9.17, 15) is 0 Å². The molecule has 10 aromatic rings. The average molecular weight is 817 g/mol. The van der Waals surface area contributed by atoms with Gasteiger partial charge in [0.05, 0.1) is 5.69 Å². The zero-order valence-electron chi connectivity index (χ0n) is 35.5. The van der Waals surface area contributed by atoms with Crippen LogP contribution in [-0.2, 0) is 10.8 Å². The van der Waals surface area contributed by atoms with Crippen LogP contribution in [0.1, 0.15) is 52.7 Å². The standard InChI is InChI=1S/C56H45BN2SSi/c1-55(2,3)34-28-29-44-39(30-34)41-31-35(56(4,5)6)32-42-40-33-47-50(38-22-13-15-25-46(38)60-47)54-51(40)57(59(44)52(41)42)43-23-17-27-49-53(43)58(54)45-24-14-16-26-48(45)61(49,36-18-9-7-10-19-36)37-20-11-8-12-21-37/h7-33H,1-6H3.